The average Bonchev–Trinajstić information content (AvgIpc) is 2.30. The minimum Gasteiger partial charge on any atom is -0.488 e. The van der Waals surface area contributed by atoms with Gasteiger partial charge in [0.15, 0.2) is 11.6 Å². The molecule has 0 aliphatic heterocycles. The molecule has 0 heterocycles. The Morgan fingerprint density at radius 3 is 2.65 bits per heavy atom. The second kappa shape index (κ2) is 7.25. The van der Waals surface area contributed by atoms with Crippen LogP contribution in [0.15, 0.2) is 18.2 Å². The van der Waals surface area contributed by atoms with Crippen LogP contribution >= 0.6 is 0 Å². The Bertz CT molecular complexity index is 339. The van der Waals surface area contributed by atoms with Gasteiger partial charge in [-0.15, -0.1) is 0 Å². The Morgan fingerprint density at radius 1 is 1.29 bits per heavy atom. The van der Waals surface area contributed by atoms with E-state index in [2.05, 4.69) is 0 Å². The highest BCUT2D eigenvalue weighted by atomic mass is 19.1. The van der Waals surface area contributed by atoms with E-state index in [-0.39, 0.29) is 5.75 Å². The summed E-state index contributed by atoms with van der Waals surface area (Å²) in [7, 11) is 0. The fourth-order valence-electron chi connectivity index (χ4n) is 1.35. The van der Waals surface area contributed by atoms with E-state index in [1.165, 1.54) is 12.1 Å². The molecule has 4 heteroatoms. The van der Waals surface area contributed by atoms with Gasteiger partial charge in [0.2, 0.25) is 0 Å². The van der Waals surface area contributed by atoms with Crippen LogP contribution in [0.25, 0.3) is 0 Å². The smallest absolute Gasteiger partial charge is 0.165 e. The Morgan fingerprint density at radius 2 is 2.06 bits per heavy atom. The van der Waals surface area contributed by atoms with Crippen molar-refractivity contribution in [2.45, 2.75) is 26.4 Å². The molecule has 0 saturated carbocycles. The van der Waals surface area contributed by atoms with E-state index in [0.717, 1.165) is 6.42 Å². The molecule has 96 valence electrons. The van der Waals surface area contributed by atoms with Gasteiger partial charge < -0.3 is 14.6 Å². The highest BCUT2D eigenvalue weighted by Crippen LogP contribution is 2.21. The van der Waals surface area contributed by atoms with E-state index in [4.69, 9.17) is 9.47 Å². The molecule has 1 aromatic carbocycles. The van der Waals surface area contributed by atoms with E-state index in [1.807, 2.05) is 6.92 Å². The first kappa shape index (κ1) is 13.9. The zero-order chi connectivity index (χ0) is 12.7. The normalized spacial score (nSPS) is 12.5. The minimum atomic E-state index is -0.675. The third kappa shape index (κ3) is 4.71. The SMILES string of the molecule is CCCOCCOc1ccc([C@@H](C)O)cc1F. The van der Waals surface area contributed by atoms with Gasteiger partial charge in [-0.3, -0.25) is 0 Å². The van der Waals surface area contributed by atoms with Gasteiger partial charge in [0.05, 0.1) is 12.7 Å². The minimum absolute atomic E-state index is 0.189. The number of rotatable bonds is 7. The zero-order valence-electron chi connectivity index (χ0n) is 10.3. The molecule has 0 fully saturated rings. The lowest BCUT2D eigenvalue weighted by Crippen LogP contribution is -2.08. The van der Waals surface area contributed by atoms with Crippen molar-refractivity contribution < 1.29 is 19.0 Å². The summed E-state index contributed by atoms with van der Waals surface area (Å²) in [6.07, 6.45) is 0.281. The molecule has 1 rings (SSSR count). The maximum absolute atomic E-state index is 13.5. The Balaban J connectivity index is 2.43. The van der Waals surface area contributed by atoms with Crippen LogP contribution in [0.1, 0.15) is 31.9 Å². The van der Waals surface area contributed by atoms with Crippen LogP contribution in [0.2, 0.25) is 0 Å². The summed E-state index contributed by atoms with van der Waals surface area (Å²) in [6, 6.07) is 4.46. The molecular weight excluding hydrogens is 223 g/mol. The number of halogens is 1. The first-order valence-electron chi connectivity index (χ1n) is 5.83. The Hall–Kier alpha value is -1.13. The molecular formula is C13H19FO3. The fraction of sp³-hybridized carbons (Fsp3) is 0.538. The van der Waals surface area contributed by atoms with Gasteiger partial charge in [0.25, 0.3) is 0 Å². The van der Waals surface area contributed by atoms with Crippen molar-refractivity contribution in [2.24, 2.45) is 0 Å². The molecule has 0 amide bonds. The molecule has 0 radical (unpaired) electrons. The average molecular weight is 242 g/mol. The van der Waals surface area contributed by atoms with E-state index >= 15 is 0 Å². The van der Waals surface area contributed by atoms with Crippen molar-refractivity contribution in [3.8, 4) is 5.75 Å². The van der Waals surface area contributed by atoms with Gasteiger partial charge in [-0.05, 0) is 31.0 Å². The maximum Gasteiger partial charge on any atom is 0.165 e. The summed E-state index contributed by atoms with van der Waals surface area (Å²) in [6.45, 7) is 5.08. The molecule has 17 heavy (non-hydrogen) atoms. The maximum atomic E-state index is 13.5. The molecule has 0 aliphatic rings. The fourth-order valence-corrected chi connectivity index (χ4v) is 1.35. The predicted molar refractivity (Wildman–Crippen MR) is 63.6 cm³/mol. The second-order valence-corrected chi connectivity index (χ2v) is 3.83. The third-order valence-corrected chi connectivity index (χ3v) is 2.27. The van der Waals surface area contributed by atoms with Crippen LogP contribution in [-0.4, -0.2) is 24.9 Å². The molecule has 0 bridgehead atoms. The topological polar surface area (TPSA) is 38.7 Å². The van der Waals surface area contributed by atoms with Gasteiger partial charge in [0, 0.05) is 6.61 Å². The molecule has 3 nitrogen and oxygen atoms in total. The summed E-state index contributed by atoms with van der Waals surface area (Å²) in [5.41, 5.74) is 0.539. The summed E-state index contributed by atoms with van der Waals surface area (Å²) >= 11 is 0. The van der Waals surface area contributed by atoms with Crippen molar-refractivity contribution in [3.05, 3.63) is 29.6 Å². The van der Waals surface area contributed by atoms with E-state index in [9.17, 15) is 9.50 Å². The first-order valence-corrected chi connectivity index (χ1v) is 5.83. The van der Waals surface area contributed by atoms with Crippen LogP contribution < -0.4 is 4.74 Å². The summed E-state index contributed by atoms with van der Waals surface area (Å²) in [5, 5.41) is 9.28. The highest BCUT2D eigenvalue weighted by molar-refractivity contribution is 5.30. The second-order valence-electron chi connectivity index (χ2n) is 3.83. The van der Waals surface area contributed by atoms with Crippen molar-refractivity contribution >= 4 is 0 Å². The predicted octanol–water partition coefficient (Wildman–Crippen LogP) is 2.68. The lowest BCUT2D eigenvalue weighted by Gasteiger charge is -2.10. The van der Waals surface area contributed by atoms with Gasteiger partial charge in [-0.1, -0.05) is 13.0 Å². The zero-order valence-corrected chi connectivity index (χ0v) is 10.3. The van der Waals surface area contributed by atoms with Gasteiger partial charge in [-0.2, -0.15) is 0 Å². The van der Waals surface area contributed by atoms with Crippen molar-refractivity contribution in [1.82, 2.24) is 0 Å². The van der Waals surface area contributed by atoms with Crippen LogP contribution in [0, 0.1) is 5.82 Å². The van der Waals surface area contributed by atoms with Crippen LogP contribution in [0.5, 0.6) is 5.75 Å². The number of aliphatic hydroxyl groups is 1. The monoisotopic (exact) mass is 242 g/mol. The molecule has 0 aliphatic carbocycles. The number of hydrogen-bond acceptors (Lipinski definition) is 3. The quantitative estimate of drug-likeness (QED) is 0.747. The summed E-state index contributed by atoms with van der Waals surface area (Å²) in [5.74, 6) is -0.270. The standard InChI is InChI=1S/C13H19FO3/c1-3-6-16-7-8-17-13-5-4-11(10(2)15)9-12(13)14/h4-5,9-10,15H,3,6-8H2,1-2H3/t10-/m1/s1. The molecule has 1 atom stereocenters. The van der Waals surface area contributed by atoms with Crippen molar-refractivity contribution in [2.75, 3.05) is 19.8 Å². The van der Waals surface area contributed by atoms with Gasteiger partial charge in [-0.25, -0.2) is 4.39 Å². The van der Waals surface area contributed by atoms with Gasteiger partial charge >= 0.3 is 0 Å². The lowest BCUT2D eigenvalue weighted by atomic mass is 10.1. The van der Waals surface area contributed by atoms with E-state index in [0.29, 0.717) is 25.4 Å². The van der Waals surface area contributed by atoms with Crippen molar-refractivity contribution in [3.63, 3.8) is 0 Å². The number of aliphatic hydroxyl groups excluding tert-OH is 1. The summed E-state index contributed by atoms with van der Waals surface area (Å²) in [4.78, 5) is 0. The van der Waals surface area contributed by atoms with Gasteiger partial charge in [0.1, 0.15) is 6.61 Å². The third-order valence-electron chi connectivity index (χ3n) is 2.27. The van der Waals surface area contributed by atoms with E-state index < -0.39 is 11.9 Å². The molecule has 0 aromatic heterocycles. The molecule has 1 N–H and O–H groups in total. The largest absolute Gasteiger partial charge is 0.488 e. The molecule has 0 saturated heterocycles. The summed E-state index contributed by atoms with van der Waals surface area (Å²) < 4.78 is 24.0. The Kier molecular flexibility index (Phi) is 5.94. The van der Waals surface area contributed by atoms with Crippen molar-refractivity contribution in [1.29, 1.82) is 0 Å². The van der Waals surface area contributed by atoms with Crippen LogP contribution in [0.4, 0.5) is 4.39 Å². The Labute approximate surface area is 101 Å². The van der Waals surface area contributed by atoms with Crippen LogP contribution in [-0.2, 0) is 4.74 Å². The number of hydrogen-bond donors (Lipinski definition) is 1. The molecule has 0 unspecified atom stereocenters. The van der Waals surface area contributed by atoms with Crippen LogP contribution in [0.3, 0.4) is 0 Å². The lowest BCUT2D eigenvalue weighted by molar-refractivity contribution is 0.0991. The highest BCUT2D eigenvalue weighted by Gasteiger charge is 2.07. The number of ether oxygens (including phenoxy) is 2. The molecule has 0 spiro atoms. The van der Waals surface area contributed by atoms with E-state index in [1.54, 1.807) is 13.0 Å². The molecule has 1 aromatic rings. The first-order chi connectivity index (χ1) is 8.15. The number of benzene rings is 1.